The minimum Gasteiger partial charge on any atom is -0.454 e. The molecule has 0 saturated heterocycles. The van der Waals surface area contributed by atoms with Crippen LogP contribution in [0.4, 0.5) is 0 Å². The molecule has 9 aromatic rings. The number of rotatable bonds is 4. The van der Waals surface area contributed by atoms with E-state index in [2.05, 4.69) is 96.0 Å². The van der Waals surface area contributed by atoms with Crippen LogP contribution < -0.4 is 0 Å². The van der Waals surface area contributed by atoms with Crippen molar-refractivity contribution < 1.29 is 4.42 Å². The zero-order valence-corrected chi connectivity index (χ0v) is 24.1. The lowest BCUT2D eigenvalue weighted by Gasteiger charge is -2.10. The van der Waals surface area contributed by atoms with Crippen LogP contribution in [0.5, 0.6) is 0 Å². The van der Waals surface area contributed by atoms with Crippen LogP contribution in [-0.2, 0) is 0 Å². The van der Waals surface area contributed by atoms with Crippen molar-refractivity contribution >= 4 is 43.5 Å². The van der Waals surface area contributed by atoms with Crippen molar-refractivity contribution in [3.8, 4) is 45.3 Å². The van der Waals surface area contributed by atoms with Gasteiger partial charge in [-0.25, -0.2) is 15.0 Å². The molecular weight excluding hydrogens is 552 g/mol. The maximum atomic E-state index is 6.31. The second-order valence-corrected chi connectivity index (χ2v) is 11.2. The highest BCUT2D eigenvalue weighted by atomic mass is 16.3. The van der Waals surface area contributed by atoms with Gasteiger partial charge in [-0.15, -0.1) is 0 Å². The SMILES string of the molecule is c1ccc(-c2ccc3ccc(-c4nc(-c5ccccc5)nc(-c5cncc6oc7cc8ccccc8cc7c56)n4)cc3c2)cc1. The topological polar surface area (TPSA) is 64.7 Å². The first-order valence-corrected chi connectivity index (χ1v) is 14.9. The number of furan rings is 1. The summed E-state index contributed by atoms with van der Waals surface area (Å²) in [4.78, 5) is 19.6. The van der Waals surface area contributed by atoms with Gasteiger partial charge in [-0.1, -0.05) is 109 Å². The minimum atomic E-state index is 0.547. The average Bonchev–Trinajstić information content (AvgIpc) is 3.48. The molecule has 3 aromatic heterocycles. The van der Waals surface area contributed by atoms with Crippen LogP contribution in [0.3, 0.4) is 0 Å². The van der Waals surface area contributed by atoms with Gasteiger partial charge in [-0.3, -0.25) is 4.98 Å². The fourth-order valence-corrected chi connectivity index (χ4v) is 6.12. The van der Waals surface area contributed by atoms with Gasteiger partial charge in [-0.05, 0) is 56.9 Å². The normalized spacial score (nSPS) is 11.6. The van der Waals surface area contributed by atoms with E-state index in [0.29, 0.717) is 23.1 Å². The Morgan fingerprint density at radius 3 is 1.80 bits per heavy atom. The summed E-state index contributed by atoms with van der Waals surface area (Å²) in [5.41, 5.74) is 6.47. The number of hydrogen-bond acceptors (Lipinski definition) is 5. The van der Waals surface area contributed by atoms with Crippen LogP contribution in [-0.4, -0.2) is 19.9 Å². The van der Waals surface area contributed by atoms with Crippen molar-refractivity contribution in [1.82, 2.24) is 19.9 Å². The zero-order valence-electron chi connectivity index (χ0n) is 24.1. The maximum absolute atomic E-state index is 6.31. The third-order valence-corrected chi connectivity index (χ3v) is 8.36. The van der Waals surface area contributed by atoms with Crippen LogP contribution in [0.1, 0.15) is 0 Å². The van der Waals surface area contributed by atoms with Crippen molar-refractivity contribution in [1.29, 1.82) is 0 Å². The third kappa shape index (κ3) is 4.41. The van der Waals surface area contributed by atoms with Crippen molar-refractivity contribution in [2.45, 2.75) is 0 Å². The van der Waals surface area contributed by atoms with Crippen molar-refractivity contribution in [3.05, 3.63) is 146 Å². The van der Waals surface area contributed by atoms with E-state index in [1.807, 2.05) is 48.7 Å². The van der Waals surface area contributed by atoms with E-state index in [1.165, 1.54) is 11.1 Å². The first-order valence-electron chi connectivity index (χ1n) is 14.9. The molecule has 0 fully saturated rings. The van der Waals surface area contributed by atoms with Gasteiger partial charge in [0, 0.05) is 33.7 Å². The lowest BCUT2D eigenvalue weighted by molar-refractivity contribution is 0.667. The minimum absolute atomic E-state index is 0.547. The second-order valence-electron chi connectivity index (χ2n) is 11.2. The van der Waals surface area contributed by atoms with E-state index in [1.54, 1.807) is 6.20 Å². The van der Waals surface area contributed by atoms with Gasteiger partial charge in [0.25, 0.3) is 0 Å². The number of aromatic nitrogens is 4. The highest BCUT2D eigenvalue weighted by Crippen LogP contribution is 2.38. The van der Waals surface area contributed by atoms with Crippen molar-refractivity contribution in [3.63, 3.8) is 0 Å². The summed E-state index contributed by atoms with van der Waals surface area (Å²) in [5.74, 6) is 1.75. The maximum Gasteiger partial charge on any atom is 0.166 e. The smallest absolute Gasteiger partial charge is 0.166 e. The van der Waals surface area contributed by atoms with E-state index in [4.69, 9.17) is 19.4 Å². The monoisotopic (exact) mass is 576 g/mol. The highest BCUT2D eigenvalue weighted by Gasteiger charge is 2.19. The van der Waals surface area contributed by atoms with E-state index in [9.17, 15) is 0 Å². The molecule has 210 valence electrons. The quantitative estimate of drug-likeness (QED) is 0.209. The molecule has 0 atom stereocenters. The molecular formula is C40H24N4O. The van der Waals surface area contributed by atoms with Crippen LogP contribution in [0.15, 0.2) is 150 Å². The molecule has 5 nitrogen and oxygen atoms in total. The largest absolute Gasteiger partial charge is 0.454 e. The second kappa shape index (κ2) is 10.2. The summed E-state index contributed by atoms with van der Waals surface area (Å²) >= 11 is 0. The zero-order chi connectivity index (χ0) is 29.7. The van der Waals surface area contributed by atoms with Gasteiger partial charge < -0.3 is 4.42 Å². The van der Waals surface area contributed by atoms with Crippen LogP contribution in [0, 0.1) is 0 Å². The number of benzene rings is 6. The predicted octanol–water partition coefficient (Wildman–Crippen LogP) is 10.1. The molecule has 0 spiro atoms. The number of nitrogens with zero attached hydrogens (tertiary/aromatic N) is 4. The van der Waals surface area contributed by atoms with E-state index >= 15 is 0 Å². The fraction of sp³-hybridized carbons (Fsp3) is 0. The van der Waals surface area contributed by atoms with E-state index in [0.717, 1.165) is 54.6 Å². The predicted molar refractivity (Wildman–Crippen MR) is 182 cm³/mol. The molecule has 0 saturated carbocycles. The number of fused-ring (bicyclic) bond motifs is 5. The first kappa shape index (κ1) is 25.3. The summed E-state index contributed by atoms with van der Waals surface area (Å²) in [6, 6.07) is 45.9. The summed E-state index contributed by atoms with van der Waals surface area (Å²) < 4.78 is 6.31. The molecule has 0 amide bonds. The highest BCUT2D eigenvalue weighted by molar-refractivity contribution is 6.14. The van der Waals surface area contributed by atoms with E-state index in [-0.39, 0.29) is 0 Å². The Morgan fingerprint density at radius 2 is 1.02 bits per heavy atom. The molecule has 0 aliphatic rings. The Bertz CT molecular complexity index is 2540. The van der Waals surface area contributed by atoms with Crippen molar-refractivity contribution in [2.75, 3.05) is 0 Å². The number of hydrogen-bond donors (Lipinski definition) is 0. The molecule has 0 bridgehead atoms. The van der Waals surface area contributed by atoms with Gasteiger partial charge in [0.15, 0.2) is 23.1 Å². The lowest BCUT2D eigenvalue weighted by Crippen LogP contribution is -2.00. The molecule has 0 unspecified atom stereocenters. The summed E-state index contributed by atoms with van der Waals surface area (Å²) in [7, 11) is 0. The summed E-state index contributed by atoms with van der Waals surface area (Å²) in [5, 5.41) is 6.48. The van der Waals surface area contributed by atoms with Gasteiger partial charge >= 0.3 is 0 Å². The Morgan fingerprint density at radius 1 is 0.400 bits per heavy atom. The standard InChI is InChI=1S/C40H24N4O/c1-3-9-25(10-4-1)30-17-15-26-16-18-31(20-32(26)19-30)39-42-38(27-11-5-2-6-12-27)43-40(44-39)34-23-41-24-36-37(34)33-21-28-13-7-8-14-29(28)22-35(33)45-36/h1-24H. The molecule has 0 aliphatic carbocycles. The summed E-state index contributed by atoms with van der Waals surface area (Å²) in [6.45, 7) is 0. The Hall–Kier alpha value is -6.20. The molecule has 45 heavy (non-hydrogen) atoms. The first-order chi connectivity index (χ1) is 22.3. The molecule has 6 aromatic carbocycles. The average molecular weight is 577 g/mol. The van der Waals surface area contributed by atoms with Gasteiger partial charge in [0.1, 0.15) is 5.58 Å². The molecule has 5 heteroatoms. The molecule has 9 rings (SSSR count). The molecule has 0 radical (unpaired) electrons. The Balaban J connectivity index is 1.26. The molecule has 3 heterocycles. The molecule has 0 aliphatic heterocycles. The third-order valence-electron chi connectivity index (χ3n) is 8.36. The van der Waals surface area contributed by atoms with Crippen LogP contribution >= 0.6 is 0 Å². The molecule has 0 N–H and O–H groups in total. The van der Waals surface area contributed by atoms with Crippen LogP contribution in [0.2, 0.25) is 0 Å². The van der Waals surface area contributed by atoms with Gasteiger partial charge in [0.2, 0.25) is 0 Å². The Kier molecular flexibility index (Phi) is 5.74. The van der Waals surface area contributed by atoms with E-state index < -0.39 is 0 Å². The van der Waals surface area contributed by atoms with Gasteiger partial charge in [-0.2, -0.15) is 0 Å². The Labute approximate surface area is 258 Å². The lowest BCUT2D eigenvalue weighted by atomic mass is 9.99. The van der Waals surface area contributed by atoms with Gasteiger partial charge in [0.05, 0.1) is 6.20 Å². The van der Waals surface area contributed by atoms with Crippen LogP contribution in [0.25, 0.3) is 88.8 Å². The number of pyridine rings is 1. The van der Waals surface area contributed by atoms with Crippen molar-refractivity contribution in [2.24, 2.45) is 0 Å². The fourth-order valence-electron chi connectivity index (χ4n) is 6.12. The summed E-state index contributed by atoms with van der Waals surface area (Å²) in [6.07, 6.45) is 3.59.